The Kier molecular flexibility index (Phi) is 2.79. The predicted octanol–water partition coefficient (Wildman–Crippen LogP) is 0.146. The lowest BCUT2D eigenvalue weighted by molar-refractivity contribution is 0.671. The fourth-order valence-electron chi connectivity index (χ4n) is 1.82. The average Bonchev–Trinajstić information content (AvgIpc) is 2.81. The molecule has 0 bridgehead atoms. The highest BCUT2D eigenvalue weighted by Crippen LogP contribution is 2.18. The van der Waals surface area contributed by atoms with Gasteiger partial charge in [-0.2, -0.15) is 10.4 Å². The van der Waals surface area contributed by atoms with Gasteiger partial charge in [0.15, 0.2) is 5.82 Å². The van der Waals surface area contributed by atoms with Crippen LogP contribution in [0, 0.1) is 11.3 Å². The third-order valence-corrected chi connectivity index (χ3v) is 2.74. The summed E-state index contributed by atoms with van der Waals surface area (Å²) in [6, 6.07) is 4.24. The van der Waals surface area contributed by atoms with E-state index in [2.05, 4.69) is 21.6 Å². The van der Waals surface area contributed by atoms with Gasteiger partial charge >= 0.3 is 0 Å². The SMILES string of the molecule is CN(c1nnccc1C#N)C1CCNC1. The minimum atomic E-state index is 0.411. The maximum Gasteiger partial charge on any atom is 0.169 e. The molecule has 1 N–H and O–H groups in total. The highest BCUT2D eigenvalue weighted by atomic mass is 15.3. The van der Waals surface area contributed by atoms with Crippen LogP contribution in [-0.4, -0.2) is 36.4 Å². The van der Waals surface area contributed by atoms with E-state index in [0.717, 1.165) is 19.5 Å². The molecule has 78 valence electrons. The summed E-state index contributed by atoms with van der Waals surface area (Å²) in [5, 5.41) is 20.1. The molecule has 0 aromatic carbocycles. The number of nitriles is 1. The molecule has 1 fully saturated rings. The van der Waals surface area contributed by atoms with E-state index in [4.69, 9.17) is 5.26 Å². The van der Waals surface area contributed by atoms with Crippen molar-refractivity contribution in [1.82, 2.24) is 15.5 Å². The van der Waals surface area contributed by atoms with Gasteiger partial charge in [-0.05, 0) is 19.0 Å². The first-order valence-corrected chi connectivity index (χ1v) is 4.98. The van der Waals surface area contributed by atoms with Gasteiger partial charge < -0.3 is 10.2 Å². The van der Waals surface area contributed by atoms with Gasteiger partial charge in [0.25, 0.3) is 0 Å². The van der Waals surface area contributed by atoms with Crippen LogP contribution in [-0.2, 0) is 0 Å². The first-order chi connectivity index (χ1) is 7.33. The van der Waals surface area contributed by atoms with Gasteiger partial charge in [-0.25, -0.2) is 0 Å². The Morgan fingerprint density at radius 2 is 2.53 bits per heavy atom. The monoisotopic (exact) mass is 203 g/mol. The largest absolute Gasteiger partial charge is 0.353 e. The van der Waals surface area contributed by atoms with E-state index < -0.39 is 0 Å². The van der Waals surface area contributed by atoms with Gasteiger partial charge in [-0.15, -0.1) is 5.10 Å². The second-order valence-corrected chi connectivity index (χ2v) is 3.64. The molecule has 0 aliphatic carbocycles. The lowest BCUT2D eigenvalue weighted by Gasteiger charge is -2.24. The standard InChI is InChI=1S/C10H13N5/c1-15(9-3-4-12-7-9)10-8(6-11)2-5-13-14-10/h2,5,9,12H,3-4,7H2,1H3. The Labute approximate surface area is 88.7 Å². The van der Waals surface area contributed by atoms with Crippen LogP contribution in [0.3, 0.4) is 0 Å². The zero-order chi connectivity index (χ0) is 10.7. The van der Waals surface area contributed by atoms with Crippen molar-refractivity contribution in [2.24, 2.45) is 0 Å². The highest BCUT2D eigenvalue weighted by Gasteiger charge is 2.22. The lowest BCUT2D eigenvalue weighted by atomic mass is 10.2. The molecule has 5 nitrogen and oxygen atoms in total. The van der Waals surface area contributed by atoms with E-state index in [1.54, 1.807) is 12.3 Å². The molecule has 2 heterocycles. The summed E-state index contributed by atoms with van der Waals surface area (Å²) in [5.41, 5.74) is 0.583. The van der Waals surface area contributed by atoms with Crippen molar-refractivity contribution >= 4 is 5.82 Å². The minimum Gasteiger partial charge on any atom is -0.353 e. The Balaban J connectivity index is 2.24. The molecule has 5 heteroatoms. The summed E-state index contributed by atoms with van der Waals surface area (Å²) in [7, 11) is 1.96. The fourth-order valence-corrected chi connectivity index (χ4v) is 1.82. The van der Waals surface area contributed by atoms with Crippen molar-refractivity contribution in [2.45, 2.75) is 12.5 Å². The smallest absolute Gasteiger partial charge is 0.169 e. The zero-order valence-corrected chi connectivity index (χ0v) is 8.64. The molecule has 1 unspecified atom stereocenters. The van der Waals surface area contributed by atoms with Crippen LogP contribution in [0.15, 0.2) is 12.3 Å². The van der Waals surface area contributed by atoms with E-state index >= 15 is 0 Å². The number of rotatable bonds is 2. The van der Waals surface area contributed by atoms with Gasteiger partial charge in [0, 0.05) is 19.6 Å². The quantitative estimate of drug-likeness (QED) is 0.741. The second-order valence-electron chi connectivity index (χ2n) is 3.64. The number of nitrogens with zero attached hydrogens (tertiary/aromatic N) is 4. The number of hydrogen-bond donors (Lipinski definition) is 1. The number of anilines is 1. The summed E-state index contributed by atoms with van der Waals surface area (Å²) in [6.45, 7) is 1.97. The predicted molar refractivity (Wildman–Crippen MR) is 56.4 cm³/mol. The molecule has 2 rings (SSSR count). The number of likely N-dealkylation sites (N-methyl/N-ethyl adjacent to an activating group) is 1. The summed E-state index contributed by atoms with van der Waals surface area (Å²) < 4.78 is 0. The van der Waals surface area contributed by atoms with Crippen LogP contribution in [0.2, 0.25) is 0 Å². The van der Waals surface area contributed by atoms with Crippen LogP contribution in [0.1, 0.15) is 12.0 Å². The number of aromatic nitrogens is 2. The Morgan fingerprint density at radius 1 is 1.67 bits per heavy atom. The minimum absolute atomic E-state index is 0.411. The molecule has 1 aliphatic rings. The van der Waals surface area contributed by atoms with Crippen molar-refractivity contribution in [1.29, 1.82) is 5.26 Å². The van der Waals surface area contributed by atoms with E-state index in [1.165, 1.54) is 0 Å². The molecule has 1 aliphatic heterocycles. The lowest BCUT2D eigenvalue weighted by Crippen LogP contribution is -2.34. The second kappa shape index (κ2) is 4.24. The average molecular weight is 203 g/mol. The van der Waals surface area contributed by atoms with Crippen LogP contribution in [0.5, 0.6) is 0 Å². The molecule has 1 saturated heterocycles. The molecule has 1 aromatic rings. The fraction of sp³-hybridized carbons (Fsp3) is 0.500. The van der Waals surface area contributed by atoms with Gasteiger partial charge in [0.2, 0.25) is 0 Å². The van der Waals surface area contributed by atoms with Gasteiger partial charge in [-0.3, -0.25) is 0 Å². The maximum atomic E-state index is 8.95. The van der Waals surface area contributed by atoms with E-state index in [1.807, 2.05) is 11.9 Å². The van der Waals surface area contributed by atoms with Crippen LogP contribution in [0.25, 0.3) is 0 Å². The summed E-state index contributed by atoms with van der Waals surface area (Å²) in [4.78, 5) is 2.03. The molecule has 0 spiro atoms. The van der Waals surface area contributed by atoms with Crippen LogP contribution in [0.4, 0.5) is 5.82 Å². The molecular formula is C10H13N5. The maximum absolute atomic E-state index is 8.95. The topological polar surface area (TPSA) is 64.8 Å². The van der Waals surface area contributed by atoms with Gasteiger partial charge in [0.1, 0.15) is 6.07 Å². The summed E-state index contributed by atoms with van der Waals surface area (Å²) in [5.74, 6) is 0.675. The molecule has 0 saturated carbocycles. The Bertz CT molecular complexity index is 378. The highest BCUT2D eigenvalue weighted by molar-refractivity contribution is 5.52. The summed E-state index contributed by atoms with van der Waals surface area (Å²) in [6.07, 6.45) is 2.63. The third kappa shape index (κ3) is 1.90. The molecule has 1 aromatic heterocycles. The first kappa shape index (κ1) is 9.87. The summed E-state index contributed by atoms with van der Waals surface area (Å²) >= 11 is 0. The van der Waals surface area contributed by atoms with E-state index in [0.29, 0.717) is 17.4 Å². The van der Waals surface area contributed by atoms with Crippen LogP contribution >= 0.6 is 0 Å². The van der Waals surface area contributed by atoms with E-state index in [-0.39, 0.29) is 0 Å². The Morgan fingerprint density at radius 3 is 3.20 bits per heavy atom. The van der Waals surface area contributed by atoms with E-state index in [9.17, 15) is 0 Å². The normalized spacial score (nSPS) is 19.9. The van der Waals surface area contributed by atoms with Crippen LogP contribution < -0.4 is 10.2 Å². The number of hydrogen-bond acceptors (Lipinski definition) is 5. The van der Waals surface area contributed by atoms with Crippen molar-refractivity contribution in [2.75, 3.05) is 25.0 Å². The third-order valence-electron chi connectivity index (χ3n) is 2.74. The van der Waals surface area contributed by atoms with Crippen molar-refractivity contribution in [3.8, 4) is 6.07 Å². The van der Waals surface area contributed by atoms with Crippen molar-refractivity contribution in [3.05, 3.63) is 17.8 Å². The number of nitrogens with one attached hydrogen (secondary N) is 1. The zero-order valence-electron chi connectivity index (χ0n) is 8.64. The molecular weight excluding hydrogens is 190 g/mol. The molecule has 1 atom stereocenters. The van der Waals surface area contributed by atoms with Crippen molar-refractivity contribution in [3.63, 3.8) is 0 Å². The molecule has 15 heavy (non-hydrogen) atoms. The van der Waals surface area contributed by atoms with Gasteiger partial charge in [0.05, 0.1) is 11.8 Å². The van der Waals surface area contributed by atoms with Crippen molar-refractivity contribution < 1.29 is 0 Å². The Hall–Kier alpha value is -1.67. The van der Waals surface area contributed by atoms with Gasteiger partial charge in [-0.1, -0.05) is 0 Å². The molecule has 0 amide bonds. The molecule has 0 radical (unpaired) electrons. The first-order valence-electron chi connectivity index (χ1n) is 4.98.